The van der Waals surface area contributed by atoms with Crippen LogP contribution >= 0.6 is 23.4 Å². The molecule has 2 nitrogen and oxygen atoms in total. The number of fused-ring (bicyclic) bond motifs is 2. The molecule has 0 fully saturated rings. The van der Waals surface area contributed by atoms with Crippen LogP contribution in [-0.2, 0) is 12.0 Å². The molecule has 1 aliphatic rings. The van der Waals surface area contributed by atoms with Crippen LogP contribution in [0.4, 0.5) is 11.4 Å². The molecule has 4 rings (SSSR count). The highest BCUT2D eigenvalue weighted by Crippen LogP contribution is 2.48. The molecule has 176 valence electrons. The largest absolute Gasteiger partial charge is 1.00 e. The molecule has 1 aliphatic heterocycles. The monoisotopic (exact) mass is 544 g/mol. The number of quaternary nitrogens is 1. The molecule has 0 unspecified atom stereocenters. The first-order valence-corrected chi connectivity index (χ1v) is 12.6. The van der Waals surface area contributed by atoms with Crippen molar-refractivity contribution in [3.05, 3.63) is 82.9 Å². The van der Waals surface area contributed by atoms with Crippen molar-refractivity contribution in [1.29, 1.82) is 0 Å². The minimum Gasteiger partial charge on any atom is -1.00 e. The van der Waals surface area contributed by atoms with Crippen molar-refractivity contribution in [2.24, 2.45) is 0 Å². The molecule has 0 spiro atoms. The number of benzene rings is 3. The van der Waals surface area contributed by atoms with E-state index in [1.165, 1.54) is 32.3 Å². The minimum atomic E-state index is 0. The van der Waals surface area contributed by atoms with Gasteiger partial charge in [0.15, 0.2) is 0 Å². The number of rotatable bonds is 6. The van der Waals surface area contributed by atoms with Gasteiger partial charge >= 0.3 is 0 Å². The molecule has 3 aromatic rings. The van der Waals surface area contributed by atoms with Crippen molar-refractivity contribution in [2.75, 3.05) is 32.1 Å². The van der Waals surface area contributed by atoms with Crippen molar-refractivity contribution in [2.45, 2.75) is 48.9 Å². The topological polar surface area (TPSA) is 3.24 Å². The summed E-state index contributed by atoms with van der Waals surface area (Å²) in [5.74, 6) is 0. The normalized spacial score (nSPS) is 13.2. The van der Waals surface area contributed by atoms with Gasteiger partial charge in [0.1, 0.15) is 6.54 Å². The maximum absolute atomic E-state index is 6.37. The molecule has 0 amide bonds. The van der Waals surface area contributed by atoms with Gasteiger partial charge in [-0.15, -0.1) is 0 Å². The number of para-hydroxylation sites is 1. The standard InChI is InChI=1S/C28H34ClN2S.BrH/c1-28(2,3)22-13-11-21(12-14-22)20-31(4,5)18-8-17-30-24-9-6-7-10-26(24)32-27-16-15-23(29)19-25(27)30;/h6-7,9-16,19H,8,17-18,20H2,1-5H3;1H/q+1;/p-1. The first kappa shape index (κ1) is 26.2. The summed E-state index contributed by atoms with van der Waals surface area (Å²) in [6.45, 7) is 9.94. The van der Waals surface area contributed by atoms with E-state index in [-0.39, 0.29) is 22.4 Å². The second kappa shape index (κ2) is 10.4. The minimum absolute atomic E-state index is 0. The Hall–Kier alpha value is -1.46. The Labute approximate surface area is 219 Å². The Kier molecular flexibility index (Phi) is 8.27. The number of nitrogens with zero attached hydrogens (tertiary/aromatic N) is 2. The number of anilines is 2. The molecule has 3 aromatic carbocycles. The lowest BCUT2D eigenvalue weighted by Gasteiger charge is -2.35. The average Bonchev–Trinajstić information content (AvgIpc) is 2.73. The van der Waals surface area contributed by atoms with Crippen LogP contribution in [0.5, 0.6) is 0 Å². The predicted molar refractivity (Wildman–Crippen MR) is 139 cm³/mol. The van der Waals surface area contributed by atoms with Crippen molar-refractivity contribution in [1.82, 2.24) is 0 Å². The fraction of sp³-hybridized carbons (Fsp3) is 0.357. The maximum atomic E-state index is 6.37. The molecular weight excluding hydrogens is 512 g/mol. The third-order valence-electron chi connectivity index (χ3n) is 6.16. The van der Waals surface area contributed by atoms with Crippen LogP contribution in [0.1, 0.15) is 38.3 Å². The highest BCUT2D eigenvalue weighted by molar-refractivity contribution is 7.99. The van der Waals surface area contributed by atoms with E-state index in [2.05, 4.69) is 100 Å². The summed E-state index contributed by atoms with van der Waals surface area (Å²) in [6, 6.07) is 24.1. The first-order valence-electron chi connectivity index (χ1n) is 11.4. The third kappa shape index (κ3) is 6.36. The molecule has 0 saturated carbocycles. The Morgan fingerprint density at radius 2 is 1.55 bits per heavy atom. The Morgan fingerprint density at radius 3 is 2.24 bits per heavy atom. The third-order valence-corrected chi connectivity index (χ3v) is 7.53. The van der Waals surface area contributed by atoms with Crippen LogP contribution in [0.2, 0.25) is 5.02 Å². The molecule has 5 heteroatoms. The summed E-state index contributed by atoms with van der Waals surface area (Å²) >= 11 is 8.20. The van der Waals surface area contributed by atoms with Crippen LogP contribution in [-0.4, -0.2) is 31.7 Å². The van der Waals surface area contributed by atoms with E-state index in [9.17, 15) is 0 Å². The Morgan fingerprint density at radius 1 is 0.879 bits per heavy atom. The van der Waals surface area contributed by atoms with Crippen LogP contribution in [0.25, 0.3) is 0 Å². The smallest absolute Gasteiger partial charge is 0.104 e. The van der Waals surface area contributed by atoms with E-state index in [1.54, 1.807) is 0 Å². The van der Waals surface area contributed by atoms with Gasteiger partial charge in [-0.1, -0.05) is 80.5 Å². The fourth-order valence-electron chi connectivity index (χ4n) is 4.38. The van der Waals surface area contributed by atoms with Crippen LogP contribution in [0.3, 0.4) is 0 Å². The second-order valence-corrected chi connectivity index (χ2v) is 12.0. The van der Waals surface area contributed by atoms with E-state index >= 15 is 0 Å². The van der Waals surface area contributed by atoms with Gasteiger partial charge in [0.2, 0.25) is 0 Å². The van der Waals surface area contributed by atoms with Gasteiger partial charge < -0.3 is 26.4 Å². The molecule has 0 aromatic heterocycles. The lowest BCUT2D eigenvalue weighted by molar-refractivity contribution is -0.903. The molecule has 0 atom stereocenters. The number of hydrogen-bond acceptors (Lipinski definition) is 2. The molecular formula is C28H34BrClN2S. The zero-order chi connectivity index (χ0) is 22.9. The quantitative estimate of drug-likeness (QED) is 0.405. The van der Waals surface area contributed by atoms with Crippen molar-refractivity contribution in [3.63, 3.8) is 0 Å². The summed E-state index contributed by atoms with van der Waals surface area (Å²) < 4.78 is 0.974. The van der Waals surface area contributed by atoms with Gasteiger partial charge in [-0.05, 0) is 41.3 Å². The Balaban J connectivity index is 0.00000306. The predicted octanol–water partition coefficient (Wildman–Crippen LogP) is 4.91. The van der Waals surface area contributed by atoms with E-state index in [0.29, 0.717) is 0 Å². The van der Waals surface area contributed by atoms with E-state index in [4.69, 9.17) is 11.6 Å². The Bertz CT molecular complexity index is 1090. The average molecular weight is 546 g/mol. The summed E-state index contributed by atoms with van der Waals surface area (Å²) in [7, 11) is 4.67. The van der Waals surface area contributed by atoms with Gasteiger partial charge in [-0.2, -0.15) is 0 Å². The highest BCUT2D eigenvalue weighted by Gasteiger charge is 2.24. The lowest BCUT2D eigenvalue weighted by Crippen LogP contribution is -3.00. The molecule has 1 heterocycles. The van der Waals surface area contributed by atoms with E-state index in [0.717, 1.165) is 35.6 Å². The van der Waals surface area contributed by atoms with Gasteiger partial charge in [-0.3, -0.25) is 0 Å². The lowest BCUT2D eigenvalue weighted by atomic mass is 9.86. The summed E-state index contributed by atoms with van der Waals surface area (Å²) in [4.78, 5) is 5.04. The summed E-state index contributed by atoms with van der Waals surface area (Å²) in [6.07, 6.45) is 1.11. The molecule has 0 radical (unpaired) electrons. The van der Waals surface area contributed by atoms with E-state index < -0.39 is 0 Å². The summed E-state index contributed by atoms with van der Waals surface area (Å²) in [5, 5.41) is 0.795. The highest BCUT2D eigenvalue weighted by atomic mass is 79.9. The molecule has 0 aliphatic carbocycles. The van der Waals surface area contributed by atoms with Crippen molar-refractivity contribution >= 4 is 34.7 Å². The number of halogens is 2. The van der Waals surface area contributed by atoms with Crippen LogP contribution < -0.4 is 21.9 Å². The molecule has 0 bridgehead atoms. The van der Waals surface area contributed by atoms with Crippen molar-refractivity contribution in [3.8, 4) is 0 Å². The molecule has 33 heavy (non-hydrogen) atoms. The number of hydrogen-bond donors (Lipinski definition) is 0. The first-order chi connectivity index (χ1) is 15.1. The van der Waals surface area contributed by atoms with Crippen molar-refractivity contribution < 1.29 is 21.5 Å². The van der Waals surface area contributed by atoms with Gasteiger partial charge in [-0.25, -0.2) is 0 Å². The van der Waals surface area contributed by atoms with Crippen LogP contribution in [0, 0.1) is 0 Å². The summed E-state index contributed by atoms with van der Waals surface area (Å²) in [5.41, 5.74) is 5.51. The van der Waals surface area contributed by atoms with Gasteiger partial charge in [0, 0.05) is 33.3 Å². The maximum Gasteiger partial charge on any atom is 0.104 e. The second-order valence-electron chi connectivity index (χ2n) is 10.5. The fourth-order valence-corrected chi connectivity index (χ4v) is 5.63. The zero-order valence-corrected chi connectivity index (χ0v) is 23.4. The van der Waals surface area contributed by atoms with Gasteiger partial charge in [0.05, 0.1) is 32.0 Å². The van der Waals surface area contributed by atoms with Gasteiger partial charge in [0.25, 0.3) is 0 Å². The zero-order valence-electron chi connectivity index (χ0n) is 20.2. The van der Waals surface area contributed by atoms with E-state index in [1.807, 2.05) is 17.8 Å². The SMILES string of the molecule is CC(C)(C)c1ccc(C[N+](C)(C)CCCN2c3ccccc3Sc3ccc(Cl)cc32)cc1.[Br-]. The molecule has 0 saturated heterocycles. The molecule has 0 N–H and O–H groups in total. The van der Waals surface area contributed by atoms with Crippen LogP contribution in [0.15, 0.2) is 76.5 Å².